The number of aromatic nitrogens is 3. The number of rotatable bonds is 3. The van der Waals surface area contributed by atoms with Gasteiger partial charge in [0.05, 0.1) is 5.39 Å². The summed E-state index contributed by atoms with van der Waals surface area (Å²) in [6.45, 7) is 1.45. The molecule has 0 N–H and O–H groups in total. The van der Waals surface area contributed by atoms with E-state index in [4.69, 9.17) is 9.15 Å². The van der Waals surface area contributed by atoms with Crippen molar-refractivity contribution < 1.29 is 9.15 Å². The standard InChI is InChI=1S/C18H18N4O3/c1-22(13-3-6-24-7-4-13)16-8-15(23)14-2-5-21-17(18(14)25-16)12-9-19-11-20-10-12/h2,5,8-11,13H,3-4,6-7H2,1H3. The third kappa shape index (κ3) is 2.98. The molecule has 3 aromatic rings. The van der Waals surface area contributed by atoms with Gasteiger partial charge in [0.1, 0.15) is 12.0 Å². The van der Waals surface area contributed by atoms with Gasteiger partial charge in [-0.15, -0.1) is 0 Å². The molecule has 1 fully saturated rings. The van der Waals surface area contributed by atoms with E-state index in [1.54, 1.807) is 30.7 Å². The Morgan fingerprint density at radius 3 is 2.72 bits per heavy atom. The largest absolute Gasteiger partial charge is 0.438 e. The molecule has 0 spiro atoms. The monoisotopic (exact) mass is 338 g/mol. The SMILES string of the molecule is CN(c1cc(=O)c2ccnc(-c3cncnc3)c2o1)C1CCOCC1. The van der Waals surface area contributed by atoms with Crippen molar-refractivity contribution in [1.29, 1.82) is 0 Å². The van der Waals surface area contributed by atoms with Crippen LogP contribution in [0.5, 0.6) is 0 Å². The van der Waals surface area contributed by atoms with Crippen LogP contribution in [0.4, 0.5) is 5.88 Å². The summed E-state index contributed by atoms with van der Waals surface area (Å²) in [7, 11) is 1.95. The van der Waals surface area contributed by atoms with Crippen molar-refractivity contribution in [3.8, 4) is 11.3 Å². The summed E-state index contributed by atoms with van der Waals surface area (Å²) < 4.78 is 11.5. The van der Waals surface area contributed by atoms with E-state index in [0.29, 0.717) is 28.1 Å². The van der Waals surface area contributed by atoms with Crippen LogP contribution in [0.25, 0.3) is 22.2 Å². The molecule has 4 heterocycles. The molecule has 0 radical (unpaired) electrons. The maximum Gasteiger partial charge on any atom is 0.200 e. The first-order valence-corrected chi connectivity index (χ1v) is 8.23. The van der Waals surface area contributed by atoms with Crippen LogP contribution in [0.1, 0.15) is 12.8 Å². The van der Waals surface area contributed by atoms with Crippen molar-refractivity contribution in [2.45, 2.75) is 18.9 Å². The van der Waals surface area contributed by atoms with Gasteiger partial charge in [-0.1, -0.05) is 0 Å². The fraction of sp³-hybridized carbons (Fsp3) is 0.333. The van der Waals surface area contributed by atoms with Crippen LogP contribution < -0.4 is 10.3 Å². The molecule has 0 saturated carbocycles. The first-order chi connectivity index (χ1) is 12.2. The van der Waals surface area contributed by atoms with Crippen molar-refractivity contribution >= 4 is 16.9 Å². The van der Waals surface area contributed by atoms with Crippen molar-refractivity contribution in [2.24, 2.45) is 0 Å². The molecule has 1 saturated heterocycles. The van der Waals surface area contributed by atoms with Gasteiger partial charge in [-0.05, 0) is 18.9 Å². The zero-order chi connectivity index (χ0) is 17.2. The van der Waals surface area contributed by atoms with Crippen LogP contribution in [0.3, 0.4) is 0 Å². The van der Waals surface area contributed by atoms with Crippen molar-refractivity contribution in [2.75, 3.05) is 25.2 Å². The molecule has 7 heteroatoms. The molecule has 0 amide bonds. The van der Waals surface area contributed by atoms with E-state index in [1.807, 2.05) is 11.9 Å². The lowest BCUT2D eigenvalue weighted by Gasteiger charge is -2.31. The van der Waals surface area contributed by atoms with Gasteiger partial charge in [-0.2, -0.15) is 0 Å². The summed E-state index contributed by atoms with van der Waals surface area (Å²) >= 11 is 0. The van der Waals surface area contributed by atoms with Crippen LogP contribution in [-0.4, -0.2) is 41.3 Å². The Morgan fingerprint density at radius 1 is 1.20 bits per heavy atom. The van der Waals surface area contributed by atoms with Crippen LogP contribution in [0.2, 0.25) is 0 Å². The summed E-state index contributed by atoms with van der Waals surface area (Å²) in [6, 6.07) is 3.50. The van der Waals surface area contributed by atoms with E-state index in [1.165, 1.54) is 6.33 Å². The first kappa shape index (κ1) is 15.7. The minimum atomic E-state index is -0.0874. The topological polar surface area (TPSA) is 81.4 Å². The summed E-state index contributed by atoms with van der Waals surface area (Å²) in [5.74, 6) is 0.537. The van der Waals surface area contributed by atoms with E-state index in [0.717, 1.165) is 26.1 Å². The molecule has 4 rings (SSSR count). The number of hydrogen-bond acceptors (Lipinski definition) is 7. The summed E-state index contributed by atoms with van der Waals surface area (Å²) in [5, 5.41) is 0.498. The second-order valence-electron chi connectivity index (χ2n) is 6.07. The molecular formula is C18H18N4O3. The Bertz CT molecular complexity index is 936. The first-order valence-electron chi connectivity index (χ1n) is 8.23. The molecule has 0 aromatic carbocycles. The van der Waals surface area contributed by atoms with Crippen LogP contribution in [0.15, 0.2) is 46.3 Å². The molecule has 7 nitrogen and oxygen atoms in total. The predicted octanol–water partition coefficient (Wildman–Crippen LogP) is 2.26. The highest BCUT2D eigenvalue weighted by Crippen LogP contribution is 2.28. The van der Waals surface area contributed by atoms with Crippen molar-refractivity contribution in [1.82, 2.24) is 15.0 Å². The number of fused-ring (bicyclic) bond motifs is 1. The number of pyridine rings is 1. The highest BCUT2D eigenvalue weighted by molar-refractivity contribution is 5.89. The summed E-state index contributed by atoms with van der Waals surface area (Å²) in [6.07, 6.45) is 8.18. The summed E-state index contributed by atoms with van der Waals surface area (Å²) in [5.41, 5.74) is 1.65. The van der Waals surface area contributed by atoms with Crippen LogP contribution in [-0.2, 0) is 4.74 Å². The molecule has 0 atom stereocenters. The quantitative estimate of drug-likeness (QED) is 0.724. The van der Waals surface area contributed by atoms with Gasteiger partial charge in [-0.25, -0.2) is 9.97 Å². The fourth-order valence-corrected chi connectivity index (χ4v) is 3.12. The molecule has 1 aliphatic heterocycles. The number of anilines is 1. The molecule has 128 valence electrons. The van der Waals surface area contributed by atoms with Crippen LogP contribution in [0, 0.1) is 0 Å². The highest BCUT2D eigenvalue weighted by atomic mass is 16.5. The second kappa shape index (κ2) is 6.60. The Labute approximate surface area is 144 Å². The zero-order valence-corrected chi connectivity index (χ0v) is 13.9. The van der Waals surface area contributed by atoms with Gasteiger partial charge in [0, 0.05) is 56.5 Å². The van der Waals surface area contributed by atoms with Gasteiger partial charge in [0.15, 0.2) is 16.9 Å². The average molecular weight is 338 g/mol. The third-order valence-corrected chi connectivity index (χ3v) is 4.55. The maximum absolute atomic E-state index is 12.6. The van der Waals surface area contributed by atoms with Gasteiger partial charge >= 0.3 is 0 Å². The number of hydrogen-bond donors (Lipinski definition) is 0. The molecule has 0 aliphatic carbocycles. The van der Waals surface area contributed by atoms with E-state index in [2.05, 4.69) is 15.0 Å². The smallest absolute Gasteiger partial charge is 0.200 e. The second-order valence-corrected chi connectivity index (χ2v) is 6.07. The van der Waals surface area contributed by atoms with Crippen molar-refractivity contribution in [3.05, 3.63) is 47.3 Å². The molecular weight excluding hydrogens is 320 g/mol. The predicted molar refractivity (Wildman–Crippen MR) is 93.5 cm³/mol. The fourth-order valence-electron chi connectivity index (χ4n) is 3.12. The lowest BCUT2D eigenvalue weighted by molar-refractivity contribution is 0.0848. The number of nitrogens with zero attached hydrogens (tertiary/aromatic N) is 4. The van der Waals surface area contributed by atoms with Crippen molar-refractivity contribution in [3.63, 3.8) is 0 Å². The van der Waals surface area contributed by atoms with E-state index in [-0.39, 0.29) is 11.5 Å². The Morgan fingerprint density at radius 2 is 1.96 bits per heavy atom. The average Bonchev–Trinajstić information content (AvgIpc) is 2.68. The maximum atomic E-state index is 12.6. The lowest BCUT2D eigenvalue weighted by atomic mass is 10.1. The summed E-state index contributed by atoms with van der Waals surface area (Å²) in [4.78, 5) is 27.0. The molecule has 0 unspecified atom stereocenters. The minimum absolute atomic E-state index is 0.0874. The third-order valence-electron chi connectivity index (χ3n) is 4.55. The lowest BCUT2D eigenvalue weighted by Crippen LogP contribution is -2.37. The van der Waals surface area contributed by atoms with Gasteiger partial charge in [0.2, 0.25) is 0 Å². The Hall–Kier alpha value is -2.80. The molecule has 25 heavy (non-hydrogen) atoms. The minimum Gasteiger partial charge on any atom is -0.438 e. The normalized spacial score (nSPS) is 15.4. The molecule has 0 bridgehead atoms. The van der Waals surface area contributed by atoms with Crippen LogP contribution >= 0.6 is 0 Å². The van der Waals surface area contributed by atoms with Gasteiger partial charge < -0.3 is 14.1 Å². The zero-order valence-electron chi connectivity index (χ0n) is 13.9. The number of ether oxygens (including phenoxy) is 1. The van der Waals surface area contributed by atoms with Gasteiger partial charge in [-0.3, -0.25) is 9.78 Å². The van der Waals surface area contributed by atoms with E-state index >= 15 is 0 Å². The van der Waals surface area contributed by atoms with Gasteiger partial charge in [0.25, 0.3) is 0 Å². The Balaban J connectivity index is 1.84. The van der Waals surface area contributed by atoms with E-state index < -0.39 is 0 Å². The highest BCUT2D eigenvalue weighted by Gasteiger charge is 2.22. The molecule has 3 aromatic heterocycles. The van der Waals surface area contributed by atoms with E-state index in [9.17, 15) is 4.79 Å². The Kier molecular flexibility index (Phi) is 4.15. The molecule has 1 aliphatic rings.